The fraction of sp³-hybridized carbons (Fsp3) is 0.609. The van der Waals surface area contributed by atoms with E-state index < -0.39 is 151 Å². The lowest BCUT2D eigenvalue weighted by molar-refractivity contribution is -0.148. The van der Waals surface area contributed by atoms with Gasteiger partial charge in [-0.1, -0.05) is 12.1 Å². The first-order valence-corrected chi connectivity index (χ1v) is 25.9. The number of carboxylic acids is 1. The van der Waals surface area contributed by atoms with Crippen molar-refractivity contribution in [3.8, 4) is 5.75 Å². The van der Waals surface area contributed by atoms with Crippen molar-refractivity contribution in [2.24, 2.45) is 27.9 Å². The number of phenolic OH excluding ortho intramolecular Hbond substituents is 1. The molecule has 1 aromatic rings. The smallest absolute Gasteiger partial charge is 0.327 e. The van der Waals surface area contributed by atoms with Gasteiger partial charge in [0.25, 0.3) is 0 Å². The van der Waals surface area contributed by atoms with E-state index in [-0.39, 0.29) is 75.0 Å². The lowest BCUT2D eigenvalue weighted by Gasteiger charge is -2.33. The zero-order valence-electron chi connectivity index (χ0n) is 42.6. The highest BCUT2D eigenvalue weighted by atomic mass is 32.1. The van der Waals surface area contributed by atoms with E-state index in [4.69, 9.17) is 22.9 Å². The Labute approximate surface area is 454 Å². The Kier molecular flexibility index (Phi) is 26.2. The number of carbonyl (C=O) groups is 11. The molecule has 0 bridgehead atoms. The van der Waals surface area contributed by atoms with Crippen molar-refractivity contribution in [2.45, 2.75) is 138 Å². The topological polar surface area (TPSA) is 476 Å². The Morgan fingerprint density at radius 2 is 1.18 bits per heavy atom. The number of amides is 10. The molecule has 2 fully saturated rings. The molecule has 0 aromatic heterocycles. The molecule has 10 amide bonds. The molecule has 11 atom stereocenters. The summed E-state index contributed by atoms with van der Waals surface area (Å²) in [6, 6.07) is -8.56. The van der Waals surface area contributed by atoms with Gasteiger partial charge in [0, 0.05) is 44.0 Å². The first-order valence-electron chi connectivity index (χ1n) is 24.7. The number of aliphatic hydroxyl groups is 2. The predicted octanol–water partition coefficient (Wildman–Crippen LogP) is -6.71. The highest BCUT2D eigenvalue weighted by Gasteiger charge is 2.45. The van der Waals surface area contributed by atoms with Gasteiger partial charge in [0.05, 0.1) is 18.8 Å². The first kappa shape index (κ1) is 64.3. The molecular formula is C46H72N14O15S2. The molecular weight excluding hydrogens is 1050 g/mol. The molecule has 1 aromatic carbocycles. The predicted molar refractivity (Wildman–Crippen MR) is 281 cm³/mol. The number of rotatable bonds is 30. The van der Waals surface area contributed by atoms with Crippen molar-refractivity contribution in [3.05, 3.63) is 29.8 Å². The number of hydrogen-bond donors (Lipinski definition) is 17. The standard InChI is InChI=1S/C46H72N14O15S2/c1-22(47)36(65)56-30(20-76)43(72)60-17-5-8-33(60)44(73)59-16-4-7-32(59)41(70)58-35(23(2)62)42(71)53-27(13-14-34(48)64)38(67)55-29(19-61)40(69)52-26(6-3-15-51-46(49)50)37(66)54-28(18-24-9-11-25(63)12-10-24)39(68)57-31(21-77)45(74)75/h9-12,22-23,26-33,35,61-63,76-77H,3-8,13-21,47H2,1-2H3,(H2,48,64)(H,52,69)(H,53,71)(H,54,66)(H,55,67)(H,56,65)(H,57,68)(H,58,70)(H,74,75)(H4,49,50,51)/t22-,23+,26-,27-,28-,29-,30-,31-,32-,33-,35-/m0/s1. The zero-order chi connectivity index (χ0) is 57.7. The minimum atomic E-state index is -1.87. The molecule has 2 aliphatic heterocycles. The minimum absolute atomic E-state index is 0.0357. The van der Waals surface area contributed by atoms with Crippen LogP contribution in [0.15, 0.2) is 29.3 Å². The van der Waals surface area contributed by atoms with E-state index in [1.165, 1.54) is 41.0 Å². The number of carboxylic acid groups (broad SMARTS) is 1. The largest absolute Gasteiger partial charge is 0.508 e. The molecule has 2 heterocycles. The van der Waals surface area contributed by atoms with Crippen LogP contribution in [0, 0.1) is 0 Å². The van der Waals surface area contributed by atoms with E-state index >= 15 is 0 Å². The van der Waals surface area contributed by atoms with Crippen LogP contribution in [-0.4, -0.2) is 205 Å². The molecule has 29 nitrogen and oxygen atoms in total. The second kappa shape index (κ2) is 31.3. The average molecular weight is 1130 g/mol. The van der Waals surface area contributed by atoms with Crippen molar-refractivity contribution >= 4 is 96.3 Å². The zero-order valence-corrected chi connectivity index (χ0v) is 44.4. The number of nitrogens with two attached hydrogens (primary N) is 4. The molecule has 0 radical (unpaired) electrons. The molecule has 428 valence electrons. The molecule has 19 N–H and O–H groups in total. The summed E-state index contributed by atoms with van der Waals surface area (Å²) in [4.78, 5) is 153. The number of likely N-dealkylation sites (tertiary alicyclic amines) is 2. The summed E-state index contributed by atoms with van der Waals surface area (Å²) in [6.07, 6.45) is -1.93. The highest BCUT2D eigenvalue weighted by Crippen LogP contribution is 2.26. The van der Waals surface area contributed by atoms with Crippen molar-refractivity contribution < 1.29 is 73.2 Å². The van der Waals surface area contributed by atoms with Crippen LogP contribution in [0.1, 0.15) is 70.8 Å². The van der Waals surface area contributed by atoms with Gasteiger partial charge in [0.15, 0.2) is 5.96 Å². The van der Waals surface area contributed by atoms with Crippen LogP contribution in [0.25, 0.3) is 0 Å². The van der Waals surface area contributed by atoms with E-state index in [9.17, 15) is 73.2 Å². The van der Waals surface area contributed by atoms with Gasteiger partial charge in [0.2, 0.25) is 59.1 Å². The lowest BCUT2D eigenvalue weighted by Crippen LogP contribution is -2.62. The van der Waals surface area contributed by atoms with Crippen molar-refractivity contribution in [1.82, 2.24) is 47.0 Å². The van der Waals surface area contributed by atoms with Gasteiger partial charge in [-0.15, -0.1) is 0 Å². The van der Waals surface area contributed by atoms with Crippen LogP contribution in [-0.2, 0) is 59.2 Å². The lowest BCUT2D eigenvalue weighted by atomic mass is 10.0. The number of thiol groups is 2. The number of guanidine groups is 1. The van der Waals surface area contributed by atoms with Crippen LogP contribution < -0.4 is 60.2 Å². The van der Waals surface area contributed by atoms with Gasteiger partial charge in [-0.05, 0) is 76.5 Å². The van der Waals surface area contributed by atoms with E-state index in [0.717, 1.165) is 6.92 Å². The van der Waals surface area contributed by atoms with Crippen molar-refractivity contribution in [2.75, 3.05) is 37.7 Å². The number of carbonyl (C=O) groups excluding carboxylic acids is 10. The van der Waals surface area contributed by atoms with Gasteiger partial charge >= 0.3 is 5.97 Å². The summed E-state index contributed by atoms with van der Waals surface area (Å²) in [7, 11) is 0. The van der Waals surface area contributed by atoms with Crippen LogP contribution in [0.2, 0.25) is 0 Å². The SMILES string of the molecule is C[C@H](N)C(=O)N[C@@H](CS)C(=O)N1CCC[C@H]1C(=O)N1CCC[C@H]1C(=O)N[C@H](C(=O)N[C@@H](CCC(N)=O)C(=O)N[C@@H](CO)C(=O)N[C@@H](CCCN=C(N)N)C(=O)N[C@@H](Cc1ccc(O)cc1)C(=O)N[C@@H](CS)C(=O)O)[C@@H](C)O. The Balaban J connectivity index is 1.81. The van der Waals surface area contributed by atoms with Crippen LogP contribution in [0.4, 0.5) is 0 Å². The first-order chi connectivity index (χ1) is 36.3. The fourth-order valence-electron chi connectivity index (χ4n) is 8.26. The molecule has 0 spiro atoms. The maximum Gasteiger partial charge on any atom is 0.327 e. The number of phenols is 1. The number of aromatic hydroxyl groups is 1. The number of aliphatic imine (C=N–C) groups is 1. The third-order valence-electron chi connectivity index (χ3n) is 12.4. The number of aliphatic carboxylic acids is 1. The van der Waals surface area contributed by atoms with Crippen molar-refractivity contribution in [1.29, 1.82) is 0 Å². The van der Waals surface area contributed by atoms with Gasteiger partial charge in [-0.2, -0.15) is 25.3 Å². The van der Waals surface area contributed by atoms with Crippen LogP contribution in [0.3, 0.4) is 0 Å². The van der Waals surface area contributed by atoms with Gasteiger partial charge in [-0.3, -0.25) is 52.9 Å². The Morgan fingerprint density at radius 1 is 0.675 bits per heavy atom. The molecule has 0 aliphatic carbocycles. The summed E-state index contributed by atoms with van der Waals surface area (Å²) in [6.45, 7) is 1.70. The third kappa shape index (κ3) is 19.8. The van der Waals surface area contributed by atoms with E-state index in [2.05, 4.69) is 67.5 Å². The summed E-state index contributed by atoms with van der Waals surface area (Å²) in [5.41, 5.74) is 22.3. The summed E-state index contributed by atoms with van der Waals surface area (Å²) >= 11 is 8.16. The number of primary amides is 1. The number of benzene rings is 1. The Hall–Kier alpha value is -6.96. The normalized spacial score (nSPS) is 18.5. The van der Waals surface area contributed by atoms with E-state index in [1.54, 1.807) is 0 Å². The van der Waals surface area contributed by atoms with E-state index in [0.29, 0.717) is 18.4 Å². The summed E-state index contributed by atoms with van der Waals surface area (Å²) < 4.78 is 0. The van der Waals surface area contributed by atoms with Crippen LogP contribution in [0.5, 0.6) is 5.75 Å². The molecule has 2 aliphatic rings. The quantitative estimate of drug-likeness (QED) is 0.0147. The maximum absolute atomic E-state index is 14.0. The second-order valence-electron chi connectivity index (χ2n) is 18.5. The minimum Gasteiger partial charge on any atom is -0.508 e. The van der Waals surface area contributed by atoms with Gasteiger partial charge < -0.3 is 90.4 Å². The number of nitrogens with one attached hydrogen (secondary N) is 7. The summed E-state index contributed by atoms with van der Waals surface area (Å²) in [5.74, 6) is -11.2. The van der Waals surface area contributed by atoms with Crippen molar-refractivity contribution in [3.63, 3.8) is 0 Å². The Bertz CT molecular complexity index is 2310. The molecule has 0 saturated carbocycles. The average Bonchev–Trinajstić information content (AvgIpc) is 4.09. The number of aliphatic hydroxyl groups excluding tert-OH is 2. The monoisotopic (exact) mass is 1120 g/mol. The summed E-state index contributed by atoms with van der Waals surface area (Å²) in [5, 5.41) is 57.1. The van der Waals surface area contributed by atoms with E-state index in [1.807, 2.05) is 0 Å². The molecule has 2 saturated heterocycles. The highest BCUT2D eigenvalue weighted by molar-refractivity contribution is 7.80. The molecule has 31 heteroatoms. The van der Waals surface area contributed by atoms with Crippen LogP contribution >= 0.6 is 25.3 Å². The maximum atomic E-state index is 14.0. The molecule has 3 rings (SSSR count). The second-order valence-corrected chi connectivity index (χ2v) is 19.2. The fourth-order valence-corrected chi connectivity index (χ4v) is 8.76. The van der Waals surface area contributed by atoms with Gasteiger partial charge in [-0.25, -0.2) is 4.79 Å². The molecule has 0 unspecified atom stereocenters. The molecule has 77 heavy (non-hydrogen) atoms. The Morgan fingerprint density at radius 3 is 1.73 bits per heavy atom. The number of hydrogen-bond acceptors (Lipinski definition) is 18. The number of nitrogens with zero attached hydrogens (tertiary/aromatic N) is 3. The van der Waals surface area contributed by atoms with Gasteiger partial charge in [0.1, 0.15) is 60.1 Å². The third-order valence-corrected chi connectivity index (χ3v) is 13.2.